The van der Waals surface area contributed by atoms with Gasteiger partial charge in [-0.3, -0.25) is 4.98 Å². The molecule has 0 radical (unpaired) electrons. The minimum atomic E-state index is -0.491. The number of aliphatic hydroxyl groups excluding tert-OH is 1. The van der Waals surface area contributed by atoms with Crippen molar-refractivity contribution in [3.8, 4) is 11.5 Å². The second kappa shape index (κ2) is 6.11. The zero-order valence-corrected chi connectivity index (χ0v) is 13.6. The van der Waals surface area contributed by atoms with Crippen molar-refractivity contribution in [3.05, 3.63) is 27.1 Å². The van der Waals surface area contributed by atoms with E-state index in [9.17, 15) is 5.11 Å². The van der Waals surface area contributed by atoms with E-state index in [1.807, 2.05) is 19.9 Å². The first-order valence-corrected chi connectivity index (χ1v) is 7.38. The van der Waals surface area contributed by atoms with Gasteiger partial charge in [-0.05, 0) is 43.8 Å². The van der Waals surface area contributed by atoms with E-state index in [1.54, 1.807) is 6.20 Å². The Kier molecular flexibility index (Phi) is 4.70. The van der Waals surface area contributed by atoms with Crippen LogP contribution < -0.4 is 0 Å². The molecule has 0 spiro atoms. The molecule has 19 heavy (non-hydrogen) atoms. The summed E-state index contributed by atoms with van der Waals surface area (Å²) < 4.78 is 6.77. The zero-order valence-electron chi connectivity index (χ0n) is 10.5. The standard InChI is InChI=1S/C12H13Br2N3O2/c1-6(2)9(18)4-10-16-12(17-19-10)11-8(14)3-7(13)5-15-11/h3,5-6,9,18H,4H2,1-2H3. The van der Waals surface area contributed by atoms with Crippen LogP contribution in [0.2, 0.25) is 0 Å². The monoisotopic (exact) mass is 389 g/mol. The summed E-state index contributed by atoms with van der Waals surface area (Å²) in [6, 6.07) is 1.86. The van der Waals surface area contributed by atoms with Crippen LogP contribution >= 0.6 is 31.9 Å². The van der Waals surface area contributed by atoms with Crippen molar-refractivity contribution in [1.82, 2.24) is 15.1 Å². The molecule has 2 heterocycles. The van der Waals surface area contributed by atoms with Gasteiger partial charge < -0.3 is 9.63 Å². The Morgan fingerprint density at radius 1 is 1.37 bits per heavy atom. The second-order valence-electron chi connectivity index (χ2n) is 4.51. The van der Waals surface area contributed by atoms with E-state index in [0.29, 0.717) is 23.8 Å². The highest BCUT2D eigenvalue weighted by atomic mass is 79.9. The fourth-order valence-electron chi connectivity index (χ4n) is 1.43. The van der Waals surface area contributed by atoms with Crippen molar-refractivity contribution in [1.29, 1.82) is 0 Å². The Labute approximate surface area is 127 Å². The van der Waals surface area contributed by atoms with E-state index in [-0.39, 0.29) is 5.92 Å². The molecule has 102 valence electrons. The third-order valence-electron chi connectivity index (χ3n) is 2.64. The predicted octanol–water partition coefficient (Wildman–Crippen LogP) is 3.22. The Morgan fingerprint density at radius 2 is 2.11 bits per heavy atom. The summed E-state index contributed by atoms with van der Waals surface area (Å²) in [5, 5.41) is 13.7. The average Bonchev–Trinajstić information content (AvgIpc) is 2.77. The fraction of sp³-hybridized carbons (Fsp3) is 0.417. The van der Waals surface area contributed by atoms with Crippen LogP contribution in [0, 0.1) is 5.92 Å². The smallest absolute Gasteiger partial charge is 0.229 e. The summed E-state index contributed by atoms with van der Waals surface area (Å²) >= 11 is 6.74. The number of aromatic nitrogens is 3. The molecule has 0 amide bonds. The minimum Gasteiger partial charge on any atom is -0.392 e. The molecule has 2 rings (SSSR count). The molecule has 0 aliphatic rings. The van der Waals surface area contributed by atoms with Gasteiger partial charge in [-0.1, -0.05) is 19.0 Å². The molecule has 7 heteroatoms. The van der Waals surface area contributed by atoms with Crippen LogP contribution in [0.15, 0.2) is 25.7 Å². The van der Waals surface area contributed by atoms with E-state index in [4.69, 9.17) is 4.52 Å². The van der Waals surface area contributed by atoms with Gasteiger partial charge in [0.05, 0.1) is 12.5 Å². The summed E-state index contributed by atoms with van der Waals surface area (Å²) in [5.41, 5.74) is 0.609. The predicted molar refractivity (Wildman–Crippen MR) is 77.5 cm³/mol. The molecule has 0 aliphatic heterocycles. The van der Waals surface area contributed by atoms with Gasteiger partial charge in [-0.2, -0.15) is 4.98 Å². The molecular formula is C12H13Br2N3O2. The van der Waals surface area contributed by atoms with Crippen LogP contribution in [-0.4, -0.2) is 26.3 Å². The maximum absolute atomic E-state index is 9.79. The maximum Gasteiger partial charge on any atom is 0.229 e. The maximum atomic E-state index is 9.79. The fourth-order valence-corrected chi connectivity index (χ4v) is 2.59. The number of rotatable bonds is 4. The first kappa shape index (κ1) is 14.6. The van der Waals surface area contributed by atoms with Crippen molar-refractivity contribution < 1.29 is 9.63 Å². The van der Waals surface area contributed by atoms with Gasteiger partial charge in [-0.25, -0.2) is 0 Å². The molecule has 0 saturated heterocycles. The summed E-state index contributed by atoms with van der Waals surface area (Å²) in [6.07, 6.45) is 1.52. The first-order valence-electron chi connectivity index (χ1n) is 5.79. The molecule has 5 nitrogen and oxygen atoms in total. The quantitative estimate of drug-likeness (QED) is 0.867. The molecule has 2 aromatic heterocycles. The largest absolute Gasteiger partial charge is 0.392 e. The van der Waals surface area contributed by atoms with E-state index in [1.165, 1.54) is 0 Å². The Bertz CT molecular complexity index is 572. The van der Waals surface area contributed by atoms with Gasteiger partial charge in [-0.15, -0.1) is 0 Å². The van der Waals surface area contributed by atoms with E-state index in [2.05, 4.69) is 47.0 Å². The summed E-state index contributed by atoms with van der Waals surface area (Å²) in [7, 11) is 0. The van der Waals surface area contributed by atoms with Gasteiger partial charge in [0, 0.05) is 15.1 Å². The van der Waals surface area contributed by atoms with Gasteiger partial charge >= 0.3 is 0 Å². The highest BCUT2D eigenvalue weighted by Gasteiger charge is 2.17. The summed E-state index contributed by atoms with van der Waals surface area (Å²) in [5.74, 6) is 0.964. The number of hydrogen-bond donors (Lipinski definition) is 1. The van der Waals surface area contributed by atoms with Crippen LogP contribution in [0.1, 0.15) is 19.7 Å². The highest BCUT2D eigenvalue weighted by molar-refractivity contribution is 9.11. The van der Waals surface area contributed by atoms with Gasteiger partial charge in [0.1, 0.15) is 5.69 Å². The van der Waals surface area contributed by atoms with Crippen LogP contribution in [-0.2, 0) is 6.42 Å². The Balaban J connectivity index is 2.21. The number of aliphatic hydroxyl groups is 1. The topological polar surface area (TPSA) is 72.0 Å². The molecular weight excluding hydrogens is 378 g/mol. The molecule has 1 N–H and O–H groups in total. The van der Waals surface area contributed by atoms with Gasteiger partial charge in [0.2, 0.25) is 11.7 Å². The Hall–Kier alpha value is -0.790. The molecule has 0 saturated carbocycles. The van der Waals surface area contributed by atoms with E-state index in [0.717, 1.165) is 8.95 Å². The lowest BCUT2D eigenvalue weighted by molar-refractivity contribution is 0.116. The summed E-state index contributed by atoms with van der Waals surface area (Å²) in [6.45, 7) is 3.88. The molecule has 0 aromatic carbocycles. The van der Waals surface area contributed by atoms with Crippen molar-refractivity contribution in [3.63, 3.8) is 0 Å². The molecule has 1 atom stereocenters. The zero-order chi connectivity index (χ0) is 14.0. The Morgan fingerprint density at radius 3 is 2.74 bits per heavy atom. The van der Waals surface area contributed by atoms with Crippen molar-refractivity contribution >= 4 is 31.9 Å². The normalized spacial score (nSPS) is 12.9. The number of halogens is 2. The molecule has 1 unspecified atom stereocenters. The van der Waals surface area contributed by atoms with Crippen LogP contribution in [0.25, 0.3) is 11.5 Å². The molecule has 0 bridgehead atoms. The lowest BCUT2D eigenvalue weighted by atomic mass is 10.0. The number of pyridine rings is 1. The lowest BCUT2D eigenvalue weighted by Crippen LogP contribution is -2.17. The SMILES string of the molecule is CC(C)C(O)Cc1nc(-c2ncc(Br)cc2Br)no1. The summed E-state index contributed by atoms with van der Waals surface area (Å²) in [4.78, 5) is 8.48. The van der Waals surface area contributed by atoms with Crippen LogP contribution in [0.5, 0.6) is 0 Å². The van der Waals surface area contributed by atoms with Gasteiger partial charge in [0.15, 0.2) is 0 Å². The van der Waals surface area contributed by atoms with Crippen molar-refractivity contribution in [2.45, 2.75) is 26.4 Å². The first-order chi connectivity index (χ1) is 8.97. The van der Waals surface area contributed by atoms with Crippen molar-refractivity contribution in [2.75, 3.05) is 0 Å². The number of nitrogens with zero attached hydrogens (tertiary/aromatic N) is 3. The van der Waals surface area contributed by atoms with Crippen LogP contribution in [0.3, 0.4) is 0 Å². The third kappa shape index (κ3) is 3.61. The van der Waals surface area contributed by atoms with E-state index < -0.39 is 6.10 Å². The van der Waals surface area contributed by atoms with Gasteiger partial charge in [0.25, 0.3) is 0 Å². The van der Waals surface area contributed by atoms with E-state index >= 15 is 0 Å². The highest BCUT2D eigenvalue weighted by Crippen LogP contribution is 2.26. The average molecular weight is 391 g/mol. The third-order valence-corrected chi connectivity index (χ3v) is 3.68. The minimum absolute atomic E-state index is 0.146. The molecule has 0 fully saturated rings. The number of hydrogen-bond acceptors (Lipinski definition) is 5. The van der Waals surface area contributed by atoms with Crippen LogP contribution in [0.4, 0.5) is 0 Å². The second-order valence-corrected chi connectivity index (χ2v) is 6.28. The molecule has 0 aliphatic carbocycles. The molecule has 2 aromatic rings. The lowest BCUT2D eigenvalue weighted by Gasteiger charge is -2.10. The van der Waals surface area contributed by atoms with Crippen molar-refractivity contribution in [2.24, 2.45) is 5.92 Å².